The fourth-order valence-electron chi connectivity index (χ4n) is 2.77. The smallest absolute Gasteiger partial charge is 0.226 e. The quantitative estimate of drug-likeness (QED) is 0.803. The molecule has 0 radical (unpaired) electrons. The summed E-state index contributed by atoms with van der Waals surface area (Å²) in [6.45, 7) is 7.70. The van der Waals surface area contributed by atoms with E-state index in [2.05, 4.69) is 20.8 Å². The van der Waals surface area contributed by atoms with Crippen molar-refractivity contribution in [1.29, 1.82) is 0 Å². The summed E-state index contributed by atoms with van der Waals surface area (Å²) in [5.74, 6) is 0.922. The van der Waals surface area contributed by atoms with Gasteiger partial charge in [-0.05, 0) is 38.5 Å². The van der Waals surface area contributed by atoms with Crippen molar-refractivity contribution >= 4 is 5.91 Å². The van der Waals surface area contributed by atoms with Crippen LogP contribution < -0.4 is 5.73 Å². The number of rotatable bonds is 6. The second-order valence-corrected chi connectivity index (χ2v) is 5.93. The summed E-state index contributed by atoms with van der Waals surface area (Å²) >= 11 is 0. The second kappa shape index (κ2) is 7.85. The van der Waals surface area contributed by atoms with E-state index >= 15 is 0 Å². The van der Waals surface area contributed by atoms with Crippen molar-refractivity contribution < 1.29 is 9.53 Å². The van der Waals surface area contributed by atoms with Crippen LogP contribution in [0.3, 0.4) is 0 Å². The van der Waals surface area contributed by atoms with Crippen LogP contribution in [0.2, 0.25) is 0 Å². The van der Waals surface area contributed by atoms with Crippen molar-refractivity contribution in [3.63, 3.8) is 0 Å². The Kier molecular flexibility index (Phi) is 6.80. The van der Waals surface area contributed by atoms with Crippen LogP contribution in [0.15, 0.2) is 0 Å². The molecule has 0 aromatic rings. The van der Waals surface area contributed by atoms with Crippen LogP contribution in [0.5, 0.6) is 0 Å². The molecule has 1 aliphatic rings. The fourth-order valence-corrected chi connectivity index (χ4v) is 2.77. The number of carbonyl (C=O) groups is 1. The zero-order valence-corrected chi connectivity index (χ0v) is 12.9. The molecule has 1 fully saturated rings. The summed E-state index contributed by atoms with van der Waals surface area (Å²) in [5, 5.41) is 0. The first-order valence-electron chi connectivity index (χ1n) is 7.56. The summed E-state index contributed by atoms with van der Waals surface area (Å²) in [5.41, 5.74) is 6.12. The number of hydrogen-bond acceptors (Lipinski definition) is 3. The van der Waals surface area contributed by atoms with Crippen LogP contribution in [0.4, 0.5) is 0 Å². The molecule has 4 nitrogen and oxygen atoms in total. The lowest BCUT2D eigenvalue weighted by molar-refractivity contribution is -0.140. The first-order chi connectivity index (χ1) is 9.01. The van der Waals surface area contributed by atoms with E-state index in [4.69, 9.17) is 10.5 Å². The summed E-state index contributed by atoms with van der Waals surface area (Å²) < 4.78 is 5.12. The Hall–Kier alpha value is -0.610. The summed E-state index contributed by atoms with van der Waals surface area (Å²) in [6.07, 6.45) is 3.86. The predicted octanol–water partition coefficient (Wildman–Crippen LogP) is 2.02. The van der Waals surface area contributed by atoms with Crippen molar-refractivity contribution in [3.8, 4) is 0 Å². The highest BCUT2D eigenvalue weighted by molar-refractivity contribution is 5.79. The Morgan fingerprint density at radius 1 is 1.47 bits per heavy atom. The molecule has 4 unspecified atom stereocenters. The minimum absolute atomic E-state index is 0.108. The highest BCUT2D eigenvalue weighted by Crippen LogP contribution is 2.29. The number of methoxy groups -OCH3 is 1. The zero-order chi connectivity index (χ0) is 14.4. The largest absolute Gasteiger partial charge is 0.383 e. The number of nitrogens with two attached hydrogens (primary N) is 1. The second-order valence-electron chi connectivity index (χ2n) is 5.93. The molecule has 4 heteroatoms. The van der Waals surface area contributed by atoms with Crippen LogP contribution in [0.1, 0.15) is 46.5 Å². The van der Waals surface area contributed by atoms with Crippen molar-refractivity contribution in [3.05, 3.63) is 0 Å². The number of ether oxygens (including phenoxy) is 1. The van der Waals surface area contributed by atoms with Crippen molar-refractivity contribution in [2.24, 2.45) is 17.6 Å². The molecule has 0 spiro atoms. The van der Waals surface area contributed by atoms with Gasteiger partial charge >= 0.3 is 0 Å². The highest BCUT2D eigenvalue weighted by atomic mass is 16.5. The monoisotopic (exact) mass is 270 g/mol. The van der Waals surface area contributed by atoms with E-state index in [1.54, 1.807) is 7.11 Å². The molecule has 1 amide bonds. The van der Waals surface area contributed by atoms with Gasteiger partial charge in [-0.2, -0.15) is 0 Å². The van der Waals surface area contributed by atoms with Gasteiger partial charge < -0.3 is 15.4 Å². The van der Waals surface area contributed by atoms with Gasteiger partial charge in [-0.3, -0.25) is 4.79 Å². The van der Waals surface area contributed by atoms with Gasteiger partial charge in [0, 0.05) is 31.7 Å². The zero-order valence-electron chi connectivity index (χ0n) is 12.9. The van der Waals surface area contributed by atoms with Gasteiger partial charge in [-0.1, -0.05) is 13.8 Å². The van der Waals surface area contributed by atoms with Gasteiger partial charge in [0.25, 0.3) is 0 Å². The number of hydrogen-bond donors (Lipinski definition) is 1. The molecule has 0 aromatic heterocycles. The van der Waals surface area contributed by atoms with Gasteiger partial charge in [0.15, 0.2) is 0 Å². The average Bonchev–Trinajstić information content (AvgIpc) is 2.41. The fraction of sp³-hybridized carbons (Fsp3) is 0.933. The third-order valence-electron chi connectivity index (χ3n) is 4.55. The highest BCUT2D eigenvalue weighted by Gasteiger charge is 2.33. The van der Waals surface area contributed by atoms with Gasteiger partial charge in [0.05, 0.1) is 6.61 Å². The van der Waals surface area contributed by atoms with Gasteiger partial charge in [-0.15, -0.1) is 0 Å². The molecule has 0 aliphatic heterocycles. The molecule has 0 heterocycles. The van der Waals surface area contributed by atoms with Gasteiger partial charge in [0.2, 0.25) is 5.91 Å². The molecule has 112 valence electrons. The lowest BCUT2D eigenvalue weighted by Gasteiger charge is -2.36. The van der Waals surface area contributed by atoms with Crippen molar-refractivity contribution in [2.75, 3.05) is 20.3 Å². The summed E-state index contributed by atoms with van der Waals surface area (Å²) in [7, 11) is 1.68. The topological polar surface area (TPSA) is 55.6 Å². The molecule has 2 N–H and O–H groups in total. The molecule has 0 bridgehead atoms. The SMILES string of the molecule is CCC(C)N(CCOC)C(=O)C1CCC(C)C(N)C1. The maximum Gasteiger partial charge on any atom is 0.226 e. The molecule has 1 aliphatic carbocycles. The Balaban J connectivity index is 2.65. The molecule has 1 rings (SSSR count). The number of amides is 1. The van der Waals surface area contributed by atoms with Gasteiger partial charge in [0.1, 0.15) is 0 Å². The van der Waals surface area contributed by atoms with Crippen LogP contribution in [-0.4, -0.2) is 43.2 Å². The lowest BCUT2D eigenvalue weighted by atomic mass is 9.79. The first-order valence-corrected chi connectivity index (χ1v) is 7.56. The van der Waals surface area contributed by atoms with E-state index in [9.17, 15) is 4.79 Å². The standard InChI is InChI=1S/C15H30N2O2/c1-5-12(3)17(8-9-19-4)15(18)13-7-6-11(2)14(16)10-13/h11-14H,5-10,16H2,1-4H3. The first kappa shape index (κ1) is 16.4. The molecule has 0 saturated heterocycles. The van der Waals surface area contributed by atoms with Crippen molar-refractivity contribution in [1.82, 2.24) is 4.90 Å². The Morgan fingerprint density at radius 2 is 2.16 bits per heavy atom. The Bertz CT molecular complexity index is 283. The van der Waals surface area contributed by atoms with Crippen LogP contribution >= 0.6 is 0 Å². The van der Waals surface area contributed by atoms with E-state index in [-0.39, 0.29) is 23.9 Å². The molecule has 4 atom stereocenters. The van der Waals surface area contributed by atoms with E-state index in [1.807, 2.05) is 4.90 Å². The predicted molar refractivity (Wildman–Crippen MR) is 77.8 cm³/mol. The normalized spacial score (nSPS) is 29.0. The minimum atomic E-state index is 0.108. The van der Waals surface area contributed by atoms with E-state index in [0.29, 0.717) is 19.1 Å². The van der Waals surface area contributed by atoms with E-state index < -0.39 is 0 Å². The average molecular weight is 270 g/mol. The Morgan fingerprint density at radius 3 is 2.68 bits per heavy atom. The maximum atomic E-state index is 12.7. The maximum absolute atomic E-state index is 12.7. The lowest BCUT2D eigenvalue weighted by Crippen LogP contribution is -2.47. The number of carbonyl (C=O) groups excluding carboxylic acids is 1. The van der Waals surface area contributed by atoms with Crippen molar-refractivity contribution in [2.45, 2.75) is 58.5 Å². The van der Waals surface area contributed by atoms with E-state index in [1.165, 1.54) is 0 Å². The molecule has 1 saturated carbocycles. The van der Waals surface area contributed by atoms with Crippen LogP contribution in [0, 0.1) is 11.8 Å². The molecule has 19 heavy (non-hydrogen) atoms. The minimum Gasteiger partial charge on any atom is -0.383 e. The van der Waals surface area contributed by atoms with Gasteiger partial charge in [-0.25, -0.2) is 0 Å². The van der Waals surface area contributed by atoms with Crippen LogP contribution in [-0.2, 0) is 9.53 Å². The summed E-state index contributed by atoms with van der Waals surface area (Å²) in [4.78, 5) is 14.7. The number of nitrogens with zero attached hydrogens (tertiary/aromatic N) is 1. The van der Waals surface area contributed by atoms with Crippen LogP contribution in [0.25, 0.3) is 0 Å². The summed E-state index contributed by atoms with van der Waals surface area (Å²) in [6, 6.07) is 0.446. The third-order valence-corrected chi connectivity index (χ3v) is 4.55. The third kappa shape index (κ3) is 4.46. The van der Waals surface area contributed by atoms with E-state index in [0.717, 1.165) is 25.7 Å². The molecular weight excluding hydrogens is 240 g/mol. The molecular formula is C15H30N2O2. The Labute approximate surface area is 117 Å². The molecule has 0 aromatic carbocycles.